The Morgan fingerprint density at radius 3 is 2.68 bits per heavy atom. The van der Waals surface area contributed by atoms with Gasteiger partial charge in [0.25, 0.3) is 0 Å². The molecule has 104 valence electrons. The number of ketones is 1. The molecule has 0 saturated carbocycles. The van der Waals surface area contributed by atoms with Crippen molar-refractivity contribution in [2.75, 3.05) is 13.1 Å². The molecule has 0 atom stereocenters. The number of rotatable bonds is 3. The third-order valence-corrected chi connectivity index (χ3v) is 3.56. The van der Waals surface area contributed by atoms with Gasteiger partial charge in [0.2, 0.25) is 0 Å². The second kappa shape index (κ2) is 5.67. The number of carbonyl (C=O) groups is 1. The number of hydrogen-bond donors (Lipinski definition) is 2. The molecule has 4 nitrogen and oxygen atoms in total. The van der Waals surface area contributed by atoms with Gasteiger partial charge in [0.05, 0.1) is 5.56 Å². The van der Waals surface area contributed by atoms with E-state index in [9.17, 15) is 14.3 Å². The van der Waals surface area contributed by atoms with E-state index in [1.54, 1.807) is 0 Å². The highest BCUT2D eigenvalue weighted by Crippen LogP contribution is 2.26. The summed E-state index contributed by atoms with van der Waals surface area (Å²) in [6.07, 6.45) is 1.80. The van der Waals surface area contributed by atoms with E-state index in [1.807, 2.05) is 0 Å². The van der Waals surface area contributed by atoms with Crippen molar-refractivity contribution in [3.8, 4) is 5.75 Å². The molecule has 1 aliphatic rings. The molecule has 1 fully saturated rings. The Hall–Kier alpha value is -1.46. The molecule has 0 radical (unpaired) electrons. The molecule has 2 rings (SSSR count). The first-order valence-corrected chi connectivity index (χ1v) is 6.47. The average Bonchev–Trinajstić information content (AvgIpc) is 2.35. The highest BCUT2D eigenvalue weighted by atomic mass is 19.1. The normalized spacial score (nSPS) is 17.6. The van der Waals surface area contributed by atoms with Gasteiger partial charge in [-0.05, 0) is 45.0 Å². The monoisotopic (exact) mass is 266 g/mol. The molecule has 1 aliphatic heterocycles. The maximum Gasteiger partial charge on any atom is 0.163 e. The molecule has 5 heteroatoms. The fourth-order valence-electron chi connectivity index (χ4n) is 2.40. The zero-order chi connectivity index (χ0) is 14.0. The third kappa shape index (κ3) is 3.30. The predicted octanol–water partition coefficient (Wildman–Crippen LogP) is 1.66. The van der Waals surface area contributed by atoms with Crippen LogP contribution in [0.3, 0.4) is 0 Å². The summed E-state index contributed by atoms with van der Waals surface area (Å²) in [7, 11) is 0. The lowest BCUT2D eigenvalue weighted by molar-refractivity contribution is 0.101. The van der Waals surface area contributed by atoms with Crippen molar-refractivity contribution < 1.29 is 14.3 Å². The molecular formula is C14H19FN2O2. The van der Waals surface area contributed by atoms with Crippen molar-refractivity contribution in [1.82, 2.24) is 4.90 Å². The molecule has 1 saturated heterocycles. The Balaban J connectivity index is 2.18. The smallest absolute Gasteiger partial charge is 0.163 e. The molecule has 1 aromatic rings. The van der Waals surface area contributed by atoms with Crippen LogP contribution in [0.15, 0.2) is 12.1 Å². The summed E-state index contributed by atoms with van der Waals surface area (Å²) in [6, 6.07) is 2.59. The molecule has 0 unspecified atom stereocenters. The van der Waals surface area contributed by atoms with E-state index in [2.05, 4.69) is 4.90 Å². The molecule has 0 aliphatic carbocycles. The van der Waals surface area contributed by atoms with Gasteiger partial charge in [-0.15, -0.1) is 0 Å². The Labute approximate surface area is 112 Å². The summed E-state index contributed by atoms with van der Waals surface area (Å²) in [6.45, 7) is 3.41. The molecule has 0 amide bonds. The maximum absolute atomic E-state index is 13.5. The number of hydrogen-bond acceptors (Lipinski definition) is 4. The van der Waals surface area contributed by atoms with Crippen LogP contribution in [0, 0.1) is 5.82 Å². The Morgan fingerprint density at radius 1 is 1.47 bits per heavy atom. The van der Waals surface area contributed by atoms with Crippen LogP contribution in [0.4, 0.5) is 4.39 Å². The summed E-state index contributed by atoms with van der Waals surface area (Å²) >= 11 is 0. The van der Waals surface area contributed by atoms with Crippen molar-refractivity contribution in [1.29, 1.82) is 0 Å². The minimum Gasteiger partial charge on any atom is -0.507 e. The van der Waals surface area contributed by atoms with Gasteiger partial charge in [0.15, 0.2) is 5.78 Å². The Kier molecular flexibility index (Phi) is 4.17. The lowest BCUT2D eigenvalue weighted by Crippen LogP contribution is -2.39. The summed E-state index contributed by atoms with van der Waals surface area (Å²) in [4.78, 5) is 13.5. The number of carbonyl (C=O) groups excluding carboxylic acids is 1. The second-order valence-electron chi connectivity index (χ2n) is 5.13. The van der Waals surface area contributed by atoms with Crippen molar-refractivity contribution in [3.05, 3.63) is 29.1 Å². The summed E-state index contributed by atoms with van der Waals surface area (Å²) in [5.74, 6) is -0.936. The van der Waals surface area contributed by atoms with E-state index in [0.717, 1.165) is 32.0 Å². The molecule has 19 heavy (non-hydrogen) atoms. The number of halogens is 1. The van der Waals surface area contributed by atoms with Crippen LogP contribution in [0.5, 0.6) is 5.75 Å². The van der Waals surface area contributed by atoms with Crippen molar-refractivity contribution in [3.63, 3.8) is 0 Å². The molecule has 0 spiro atoms. The van der Waals surface area contributed by atoms with Gasteiger partial charge in [-0.2, -0.15) is 0 Å². The van der Waals surface area contributed by atoms with Gasteiger partial charge in [-0.25, -0.2) is 4.39 Å². The van der Waals surface area contributed by atoms with Gasteiger partial charge >= 0.3 is 0 Å². The van der Waals surface area contributed by atoms with E-state index in [4.69, 9.17) is 5.73 Å². The highest BCUT2D eigenvalue weighted by Gasteiger charge is 2.19. The SMILES string of the molecule is CC(=O)c1cc(F)cc(CN2CCC(N)CC2)c1O. The van der Waals surface area contributed by atoms with Crippen LogP contribution in [-0.2, 0) is 6.54 Å². The van der Waals surface area contributed by atoms with E-state index < -0.39 is 5.82 Å². The largest absolute Gasteiger partial charge is 0.507 e. The van der Waals surface area contributed by atoms with Gasteiger partial charge in [-0.3, -0.25) is 9.69 Å². The quantitative estimate of drug-likeness (QED) is 0.816. The predicted molar refractivity (Wildman–Crippen MR) is 70.6 cm³/mol. The zero-order valence-electron chi connectivity index (χ0n) is 11.0. The third-order valence-electron chi connectivity index (χ3n) is 3.56. The number of phenolic OH excluding ortho intramolecular Hbond substituents is 1. The number of phenols is 1. The van der Waals surface area contributed by atoms with Crippen LogP contribution in [0.25, 0.3) is 0 Å². The standard InChI is InChI=1S/C14H19FN2O2/c1-9(18)13-7-11(15)6-10(14(13)19)8-17-4-2-12(16)3-5-17/h6-7,12,19H,2-5,8,16H2,1H3. The van der Waals surface area contributed by atoms with E-state index in [-0.39, 0.29) is 23.1 Å². The van der Waals surface area contributed by atoms with Crippen molar-refractivity contribution >= 4 is 5.78 Å². The number of aromatic hydroxyl groups is 1. The van der Waals surface area contributed by atoms with Crippen molar-refractivity contribution in [2.24, 2.45) is 5.73 Å². The van der Waals surface area contributed by atoms with Gasteiger partial charge in [-0.1, -0.05) is 0 Å². The minimum absolute atomic E-state index is 0.0451. The lowest BCUT2D eigenvalue weighted by atomic mass is 10.0. The molecule has 1 aromatic carbocycles. The van der Waals surface area contributed by atoms with Gasteiger partial charge < -0.3 is 10.8 Å². The maximum atomic E-state index is 13.5. The molecule has 0 bridgehead atoms. The van der Waals surface area contributed by atoms with E-state index in [0.29, 0.717) is 12.1 Å². The first-order chi connectivity index (χ1) is 8.97. The second-order valence-corrected chi connectivity index (χ2v) is 5.13. The number of Topliss-reactive ketones (excluding diaryl/α,β-unsaturated/α-hetero) is 1. The van der Waals surface area contributed by atoms with Crippen LogP contribution in [-0.4, -0.2) is 34.9 Å². The zero-order valence-corrected chi connectivity index (χ0v) is 11.0. The molecular weight excluding hydrogens is 247 g/mol. The average molecular weight is 266 g/mol. The van der Waals surface area contributed by atoms with Crippen molar-refractivity contribution in [2.45, 2.75) is 32.4 Å². The van der Waals surface area contributed by atoms with Crippen LogP contribution in [0.2, 0.25) is 0 Å². The Morgan fingerprint density at radius 2 is 2.11 bits per heavy atom. The fraction of sp³-hybridized carbons (Fsp3) is 0.500. The minimum atomic E-state index is -0.494. The number of benzene rings is 1. The van der Waals surface area contributed by atoms with E-state index >= 15 is 0 Å². The number of piperidine rings is 1. The fourth-order valence-corrected chi connectivity index (χ4v) is 2.40. The first-order valence-electron chi connectivity index (χ1n) is 6.47. The number of nitrogens with two attached hydrogens (primary N) is 1. The lowest BCUT2D eigenvalue weighted by Gasteiger charge is -2.30. The van der Waals surface area contributed by atoms with Crippen LogP contribution in [0.1, 0.15) is 35.7 Å². The van der Waals surface area contributed by atoms with Gasteiger partial charge in [0, 0.05) is 18.2 Å². The Bertz CT molecular complexity index is 483. The van der Waals surface area contributed by atoms with Crippen LogP contribution < -0.4 is 5.73 Å². The van der Waals surface area contributed by atoms with Gasteiger partial charge in [0.1, 0.15) is 11.6 Å². The summed E-state index contributed by atoms with van der Waals surface area (Å²) in [5, 5.41) is 10.0. The topological polar surface area (TPSA) is 66.6 Å². The van der Waals surface area contributed by atoms with Crippen LogP contribution >= 0.6 is 0 Å². The highest BCUT2D eigenvalue weighted by molar-refractivity contribution is 5.97. The molecule has 0 aromatic heterocycles. The molecule has 3 N–H and O–H groups in total. The number of likely N-dealkylation sites (tertiary alicyclic amines) is 1. The molecule has 1 heterocycles. The summed E-state index contributed by atoms with van der Waals surface area (Å²) < 4.78 is 13.5. The van der Waals surface area contributed by atoms with E-state index in [1.165, 1.54) is 13.0 Å². The number of nitrogens with zero attached hydrogens (tertiary/aromatic N) is 1. The summed E-state index contributed by atoms with van der Waals surface area (Å²) in [5.41, 5.74) is 6.33. The first kappa shape index (κ1) is 14.0.